The summed E-state index contributed by atoms with van der Waals surface area (Å²) in [6, 6.07) is 2.26. The lowest BCUT2D eigenvalue weighted by molar-refractivity contribution is -0.119. The van der Waals surface area contributed by atoms with Crippen LogP contribution in [0.25, 0.3) is 0 Å². The minimum absolute atomic E-state index is 0.0646. The number of hydrogen-bond donors (Lipinski definition) is 1. The number of nitriles is 1. The van der Waals surface area contributed by atoms with Crippen molar-refractivity contribution in [1.82, 2.24) is 10.5 Å². The molecule has 2 rings (SSSR count). The number of carbonyl (C=O) groups is 1. The van der Waals surface area contributed by atoms with Crippen molar-refractivity contribution < 1.29 is 9.32 Å². The highest BCUT2D eigenvalue weighted by Gasteiger charge is 2.35. The fourth-order valence-corrected chi connectivity index (χ4v) is 3.48. The second kappa shape index (κ2) is 6.31. The number of thioether (sulfide) groups is 1. The molecule has 1 aliphatic rings. The molecule has 0 atom stereocenters. The molecule has 0 aromatic carbocycles. The highest BCUT2D eigenvalue weighted by molar-refractivity contribution is 7.99. The Bertz CT molecular complexity index is 508. The smallest absolute Gasteiger partial charge is 0.231 e. The Labute approximate surface area is 123 Å². The summed E-state index contributed by atoms with van der Waals surface area (Å²) in [5.41, 5.74) is 1.30. The molecule has 1 N–H and O–H groups in total. The number of nitrogens with one attached hydrogen (secondary N) is 1. The molecule has 0 saturated heterocycles. The van der Waals surface area contributed by atoms with Crippen LogP contribution in [-0.2, 0) is 10.5 Å². The molecule has 1 aromatic heterocycles. The van der Waals surface area contributed by atoms with Gasteiger partial charge in [-0.2, -0.15) is 5.26 Å². The van der Waals surface area contributed by atoms with Gasteiger partial charge in [-0.3, -0.25) is 4.79 Å². The van der Waals surface area contributed by atoms with Crippen LogP contribution in [-0.4, -0.2) is 22.4 Å². The topological polar surface area (TPSA) is 78.9 Å². The summed E-state index contributed by atoms with van der Waals surface area (Å²) in [6.07, 6.45) is 3.56. The van der Waals surface area contributed by atoms with Gasteiger partial charge in [-0.25, -0.2) is 0 Å². The van der Waals surface area contributed by atoms with Gasteiger partial charge in [0.05, 0.1) is 17.5 Å². The monoisotopic (exact) mass is 293 g/mol. The molecule has 1 heterocycles. The van der Waals surface area contributed by atoms with E-state index in [9.17, 15) is 10.1 Å². The molecule has 108 valence electrons. The molecule has 6 heteroatoms. The van der Waals surface area contributed by atoms with Crippen LogP contribution in [0.3, 0.4) is 0 Å². The minimum atomic E-state index is -0.624. The highest BCUT2D eigenvalue weighted by Crippen LogP contribution is 2.29. The van der Waals surface area contributed by atoms with Crippen molar-refractivity contribution in [3.05, 3.63) is 17.0 Å². The summed E-state index contributed by atoms with van der Waals surface area (Å²) in [5.74, 6) is 1.80. The third-order valence-electron chi connectivity index (χ3n) is 3.71. The first-order valence-corrected chi connectivity index (χ1v) is 7.93. The van der Waals surface area contributed by atoms with E-state index in [2.05, 4.69) is 16.5 Å². The fraction of sp³-hybridized carbons (Fsp3) is 0.643. The lowest BCUT2D eigenvalue weighted by Crippen LogP contribution is -2.45. The predicted molar refractivity (Wildman–Crippen MR) is 77.1 cm³/mol. The Morgan fingerprint density at radius 3 is 2.75 bits per heavy atom. The lowest BCUT2D eigenvalue weighted by Gasteiger charge is -2.21. The number of nitrogens with zero attached hydrogens (tertiary/aromatic N) is 2. The molecule has 0 unspecified atom stereocenters. The molecular formula is C14H19N3O2S. The van der Waals surface area contributed by atoms with E-state index in [0.29, 0.717) is 11.5 Å². The average molecular weight is 293 g/mol. The van der Waals surface area contributed by atoms with Gasteiger partial charge in [-0.05, 0) is 39.5 Å². The number of amides is 1. The highest BCUT2D eigenvalue weighted by atomic mass is 32.2. The van der Waals surface area contributed by atoms with Crippen LogP contribution in [0, 0.1) is 25.2 Å². The Kier molecular flexibility index (Phi) is 4.71. The van der Waals surface area contributed by atoms with Crippen molar-refractivity contribution in [3.63, 3.8) is 0 Å². The molecule has 1 fully saturated rings. The summed E-state index contributed by atoms with van der Waals surface area (Å²) in [5, 5.41) is 16.0. The first-order valence-electron chi connectivity index (χ1n) is 6.78. The summed E-state index contributed by atoms with van der Waals surface area (Å²) in [7, 11) is 0. The molecule has 20 heavy (non-hydrogen) atoms. The molecule has 0 bridgehead atoms. The number of rotatable bonds is 5. The molecule has 1 aliphatic carbocycles. The van der Waals surface area contributed by atoms with E-state index in [1.165, 1.54) is 11.8 Å². The maximum absolute atomic E-state index is 11.9. The number of hydrogen-bond acceptors (Lipinski definition) is 5. The van der Waals surface area contributed by atoms with Crippen LogP contribution < -0.4 is 5.32 Å². The van der Waals surface area contributed by atoms with E-state index in [1.54, 1.807) is 0 Å². The zero-order valence-corrected chi connectivity index (χ0v) is 12.7. The Hall–Kier alpha value is -1.48. The second-order valence-electron chi connectivity index (χ2n) is 5.24. The van der Waals surface area contributed by atoms with E-state index < -0.39 is 5.54 Å². The lowest BCUT2D eigenvalue weighted by atomic mass is 10.0. The van der Waals surface area contributed by atoms with Crippen LogP contribution in [0.15, 0.2) is 4.52 Å². The van der Waals surface area contributed by atoms with Crippen molar-refractivity contribution in [1.29, 1.82) is 5.26 Å². The Balaban J connectivity index is 1.80. The standard InChI is InChI=1S/C14H19N3O2S/c1-10-12(11(2)19-17-10)7-20-8-13(18)16-14(9-15)5-3-4-6-14/h3-8H2,1-2H3,(H,16,18). The molecule has 1 saturated carbocycles. The van der Waals surface area contributed by atoms with Crippen LogP contribution >= 0.6 is 11.8 Å². The third kappa shape index (κ3) is 3.34. The summed E-state index contributed by atoms with van der Waals surface area (Å²) in [4.78, 5) is 11.9. The largest absolute Gasteiger partial charge is 0.361 e. The van der Waals surface area contributed by atoms with E-state index >= 15 is 0 Å². The number of aromatic nitrogens is 1. The first kappa shape index (κ1) is 14.9. The van der Waals surface area contributed by atoms with Crippen molar-refractivity contribution >= 4 is 17.7 Å². The van der Waals surface area contributed by atoms with E-state index in [4.69, 9.17) is 4.52 Å². The Morgan fingerprint density at radius 1 is 1.50 bits per heavy atom. The van der Waals surface area contributed by atoms with Crippen LogP contribution in [0.1, 0.15) is 42.7 Å². The molecule has 0 radical (unpaired) electrons. The predicted octanol–water partition coefficient (Wildman–Crippen LogP) is 2.48. The van der Waals surface area contributed by atoms with Crippen molar-refractivity contribution in [2.45, 2.75) is 50.8 Å². The summed E-state index contributed by atoms with van der Waals surface area (Å²) in [6.45, 7) is 3.77. The maximum Gasteiger partial charge on any atom is 0.231 e. The zero-order chi connectivity index (χ0) is 14.6. The fourth-order valence-electron chi connectivity index (χ4n) is 2.50. The van der Waals surface area contributed by atoms with Gasteiger partial charge in [0.25, 0.3) is 0 Å². The van der Waals surface area contributed by atoms with Gasteiger partial charge in [-0.15, -0.1) is 11.8 Å². The SMILES string of the molecule is Cc1noc(C)c1CSCC(=O)NC1(C#N)CCCC1. The van der Waals surface area contributed by atoms with E-state index in [-0.39, 0.29) is 5.91 Å². The minimum Gasteiger partial charge on any atom is -0.361 e. The first-order chi connectivity index (χ1) is 9.56. The van der Waals surface area contributed by atoms with Crippen LogP contribution in [0.5, 0.6) is 0 Å². The molecular weight excluding hydrogens is 274 g/mol. The van der Waals surface area contributed by atoms with Crippen molar-refractivity contribution in [2.75, 3.05) is 5.75 Å². The molecule has 5 nitrogen and oxygen atoms in total. The van der Waals surface area contributed by atoms with E-state index in [0.717, 1.165) is 42.7 Å². The van der Waals surface area contributed by atoms with Gasteiger partial charge in [-0.1, -0.05) is 5.16 Å². The van der Waals surface area contributed by atoms with Crippen molar-refractivity contribution in [3.8, 4) is 6.07 Å². The summed E-state index contributed by atoms with van der Waals surface area (Å²) < 4.78 is 5.09. The van der Waals surface area contributed by atoms with Gasteiger partial charge in [0.15, 0.2) is 0 Å². The molecule has 0 aliphatic heterocycles. The molecule has 0 spiro atoms. The van der Waals surface area contributed by atoms with Gasteiger partial charge >= 0.3 is 0 Å². The van der Waals surface area contributed by atoms with Gasteiger partial charge in [0.1, 0.15) is 11.3 Å². The van der Waals surface area contributed by atoms with Crippen molar-refractivity contribution in [2.24, 2.45) is 0 Å². The zero-order valence-electron chi connectivity index (χ0n) is 11.9. The van der Waals surface area contributed by atoms with Gasteiger partial charge in [0.2, 0.25) is 5.91 Å². The molecule has 1 aromatic rings. The van der Waals surface area contributed by atoms with Gasteiger partial charge < -0.3 is 9.84 Å². The van der Waals surface area contributed by atoms with E-state index in [1.807, 2.05) is 13.8 Å². The number of carbonyl (C=O) groups excluding carboxylic acids is 1. The normalized spacial score (nSPS) is 16.9. The molecule has 1 amide bonds. The third-order valence-corrected chi connectivity index (χ3v) is 4.67. The maximum atomic E-state index is 11.9. The Morgan fingerprint density at radius 2 is 2.20 bits per heavy atom. The average Bonchev–Trinajstić information content (AvgIpc) is 3.00. The van der Waals surface area contributed by atoms with Crippen LogP contribution in [0.4, 0.5) is 0 Å². The number of aryl methyl sites for hydroxylation is 2. The quantitative estimate of drug-likeness (QED) is 0.902. The van der Waals surface area contributed by atoms with Crippen LogP contribution in [0.2, 0.25) is 0 Å². The summed E-state index contributed by atoms with van der Waals surface area (Å²) >= 11 is 1.52. The van der Waals surface area contributed by atoms with Gasteiger partial charge in [0, 0.05) is 11.3 Å². The second-order valence-corrected chi connectivity index (χ2v) is 6.23.